The number of fused-ring (bicyclic) bond motifs is 1. The van der Waals surface area contributed by atoms with Gasteiger partial charge in [-0.3, -0.25) is 9.52 Å². The molecule has 6 nitrogen and oxygen atoms in total. The third kappa shape index (κ3) is 5.26. The van der Waals surface area contributed by atoms with E-state index in [-0.39, 0.29) is 11.7 Å². The maximum Gasteiger partial charge on any atom is 0.264 e. The van der Waals surface area contributed by atoms with Gasteiger partial charge in [-0.05, 0) is 65.2 Å². The van der Waals surface area contributed by atoms with Crippen molar-refractivity contribution >= 4 is 33.0 Å². The maximum atomic E-state index is 12.7. The van der Waals surface area contributed by atoms with E-state index in [9.17, 15) is 13.2 Å². The number of hydrogen-bond acceptors (Lipinski definition) is 5. The number of ether oxygens (including phenoxy) is 1. The number of nitrogens with zero attached hydrogens (tertiary/aromatic N) is 1. The van der Waals surface area contributed by atoms with Crippen molar-refractivity contribution in [1.82, 2.24) is 4.90 Å². The van der Waals surface area contributed by atoms with Crippen molar-refractivity contribution in [2.24, 2.45) is 0 Å². The summed E-state index contributed by atoms with van der Waals surface area (Å²) >= 11 is 1.43. The largest absolute Gasteiger partial charge is 0.497 e. The van der Waals surface area contributed by atoms with Gasteiger partial charge in [0.25, 0.3) is 5.91 Å². The number of sulfonamides is 1. The highest BCUT2D eigenvalue weighted by atomic mass is 32.2. The van der Waals surface area contributed by atoms with E-state index in [1.54, 1.807) is 13.2 Å². The number of carbonyl (C=O) groups is 1. The smallest absolute Gasteiger partial charge is 0.264 e. The molecule has 0 spiro atoms. The van der Waals surface area contributed by atoms with Crippen LogP contribution in [0.4, 0.5) is 5.69 Å². The normalized spacial score (nSPS) is 13.5. The highest BCUT2D eigenvalue weighted by Crippen LogP contribution is 2.25. The van der Waals surface area contributed by atoms with E-state index >= 15 is 0 Å². The highest BCUT2D eigenvalue weighted by Gasteiger charge is 2.23. The lowest BCUT2D eigenvalue weighted by atomic mass is 9.99. The number of benzene rings is 2. The van der Waals surface area contributed by atoms with E-state index in [1.165, 1.54) is 11.3 Å². The molecule has 2 heterocycles. The minimum atomic E-state index is -3.50. The average molecular weight is 457 g/mol. The van der Waals surface area contributed by atoms with Crippen LogP contribution in [0.1, 0.15) is 26.4 Å². The van der Waals surface area contributed by atoms with Crippen LogP contribution in [0, 0.1) is 0 Å². The van der Waals surface area contributed by atoms with Gasteiger partial charge in [-0.15, -0.1) is 11.3 Å². The van der Waals surface area contributed by atoms with Crippen LogP contribution in [0.3, 0.4) is 0 Å². The molecule has 8 heteroatoms. The molecule has 31 heavy (non-hydrogen) atoms. The summed E-state index contributed by atoms with van der Waals surface area (Å²) in [6.07, 6.45) is 1.17. The second-order valence-corrected chi connectivity index (χ2v) is 10.2. The number of carbonyl (C=O) groups excluding carboxylic acids is 1. The van der Waals surface area contributed by atoms with E-state index in [0.29, 0.717) is 25.2 Å². The van der Waals surface area contributed by atoms with Gasteiger partial charge in [0, 0.05) is 18.8 Å². The monoisotopic (exact) mass is 456 g/mol. The van der Waals surface area contributed by atoms with Crippen LogP contribution in [0.15, 0.2) is 60.0 Å². The van der Waals surface area contributed by atoms with Gasteiger partial charge in [0.1, 0.15) is 5.75 Å². The SMILES string of the molecule is COc1ccc(CCS(=O)(=O)Nc2ccc3c(c2)CN(C(=O)c2cccs2)CC3)cc1. The minimum Gasteiger partial charge on any atom is -0.497 e. The molecule has 2 aromatic carbocycles. The average Bonchev–Trinajstić information content (AvgIpc) is 3.32. The molecule has 3 aromatic rings. The first kappa shape index (κ1) is 21.4. The van der Waals surface area contributed by atoms with Crippen molar-refractivity contribution in [2.45, 2.75) is 19.4 Å². The lowest BCUT2D eigenvalue weighted by Gasteiger charge is -2.29. The standard InChI is InChI=1S/C23H24N2O4S2/c1-29-21-8-4-17(5-9-21)11-14-31(27,28)24-20-7-6-18-10-12-25(16-19(18)15-20)23(26)22-3-2-13-30-22/h2-9,13,15,24H,10-12,14,16H2,1H3. The molecule has 1 amide bonds. The summed E-state index contributed by atoms with van der Waals surface area (Å²) in [7, 11) is -1.90. The summed E-state index contributed by atoms with van der Waals surface area (Å²) in [5.74, 6) is 0.746. The Hall–Kier alpha value is -2.84. The molecule has 1 aliphatic rings. The predicted molar refractivity (Wildman–Crippen MR) is 123 cm³/mol. The summed E-state index contributed by atoms with van der Waals surface area (Å²) in [6, 6.07) is 16.7. The van der Waals surface area contributed by atoms with E-state index in [0.717, 1.165) is 33.7 Å². The van der Waals surface area contributed by atoms with Gasteiger partial charge in [0.05, 0.1) is 17.7 Å². The summed E-state index contributed by atoms with van der Waals surface area (Å²) in [5.41, 5.74) is 3.58. The van der Waals surface area contributed by atoms with Crippen LogP contribution < -0.4 is 9.46 Å². The van der Waals surface area contributed by atoms with Gasteiger partial charge in [0.15, 0.2) is 0 Å². The second-order valence-electron chi connectivity index (χ2n) is 7.46. The molecule has 1 aromatic heterocycles. The van der Waals surface area contributed by atoms with Crippen molar-refractivity contribution in [1.29, 1.82) is 0 Å². The number of thiophene rings is 1. The first-order valence-corrected chi connectivity index (χ1v) is 12.5. The molecule has 162 valence electrons. The third-order valence-electron chi connectivity index (χ3n) is 5.33. The number of hydrogen-bond donors (Lipinski definition) is 1. The zero-order valence-corrected chi connectivity index (χ0v) is 18.8. The van der Waals surface area contributed by atoms with Gasteiger partial charge in [0.2, 0.25) is 10.0 Å². The zero-order chi connectivity index (χ0) is 21.8. The fourth-order valence-corrected chi connectivity index (χ4v) is 5.41. The lowest BCUT2D eigenvalue weighted by Crippen LogP contribution is -2.35. The molecule has 4 rings (SSSR count). The molecular formula is C23H24N2O4S2. The van der Waals surface area contributed by atoms with Crippen molar-refractivity contribution in [3.05, 3.63) is 81.5 Å². The van der Waals surface area contributed by atoms with Crippen LogP contribution in [0.25, 0.3) is 0 Å². The Labute approximate surface area is 186 Å². The molecular weight excluding hydrogens is 432 g/mol. The summed E-state index contributed by atoms with van der Waals surface area (Å²) in [6.45, 7) is 1.14. The Balaban J connectivity index is 1.41. The Morgan fingerprint density at radius 2 is 1.94 bits per heavy atom. The number of nitrogens with one attached hydrogen (secondary N) is 1. The number of methoxy groups -OCH3 is 1. The summed E-state index contributed by atoms with van der Waals surface area (Å²) in [4.78, 5) is 15.2. The van der Waals surface area contributed by atoms with Crippen LogP contribution in [-0.4, -0.2) is 38.6 Å². The number of aryl methyl sites for hydroxylation is 1. The van der Waals surface area contributed by atoms with Gasteiger partial charge in [-0.25, -0.2) is 8.42 Å². The fraction of sp³-hybridized carbons (Fsp3) is 0.261. The zero-order valence-electron chi connectivity index (χ0n) is 17.2. The molecule has 0 radical (unpaired) electrons. The highest BCUT2D eigenvalue weighted by molar-refractivity contribution is 7.92. The molecule has 0 saturated carbocycles. The second kappa shape index (κ2) is 9.11. The predicted octanol–water partition coefficient (Wildman–Crippen LogP) is 3.94. The van der Waals surface area contributed by atoms with E-state index < -0.39 is 10.0 Å². The summed E-state index contributed by atoms with van der Waals surface area (Å²) < 4.78 is 33.0. The van der Waals surface area contributed by atoms with E-state index in [4.69, 9.17) is 4.74 Å². The van der Waals surface area contributed by atoms with Crippen molar-refractivity contribution in [3.8, 4) is 5.75 Å². The molecule has 0 saturated heterocycles. The maximum absolute atomic E-state index is 12.7. The molecule has 0 fully saturated rings. The topological polar surface area (TPSA) is 75.7 Å². The summed E-state index contributed by atoms with van der Waals surface area (Å²) in [5, 5.41) is 1.89. The number of rotatable bonds is 7. The number of anilines is 1. The van der Waals surface area contributed by atoms with E-state index in [2.05, 4.69) is 4.72 Å². The number of amides is 1. The van der Waals surface area contributed by atoms with Crippen LogP contribution in [0.5, 0.6) is 5.75 Å². The van der Waals surface area contributed by atoms with E-state index in [1.807, 2.05) is 58.8 Å². The molecule has 0 unspecified atom stereocenters. The molecule has 1 N–H and O–H groups in total. The minimum absolute atomic E-state index is 0.0145. The van der Waals surface area contributed by atoms with Crippen molar-refractivity contribution < 1.29 is 17.9 Å². The van der Waals surface area contributed by atoms with Gasteiger partial charge < -0.3 is 9.64 Å². The molecule has 0 bridgehead atoms. The fourth-order valence-electron chi connectivity index (χ4n) is 3.63. The first-order chi connectivity index (χ1) is 14.9. The van der Waals surface area contributed by atoms with Crippen LogP contribution >= 0.6 is 11.3 Å². The van der Waals surface area contributed by atoms with Crippen LogP contribution in [0.2, 0.25) is 0 Å². The molecule has 1 aliphatic heterocycles. The Bertz CT molecular complexity index is 1160. The van der Waals surface area contributed by atoms with Crippen molar-refractivity contribution in [3.63, 3.8) is 0 Å². The molecule has 0 aliphatic carbocycles. The first-order valence-electron chi connectivity index (χ1n) is 10.0. The third-order valence-corrected chi connectivity index (χ3v) is 7.48. The van der Waals surface area contributed by atoms with Gasteiger partial charge in [-0.1, -0.05) is 24.3 Å². The van der Waals surface area contributed by atoms with Gasteiger partial charge >= 0.3 is 0 Å². The Morgan fingerprint density at radius 3 is 2.65 bits per heavy atom. The van der Waals surface area contributed by atoms with Crippen LogP contribution in [-0.2, 0) is 29.4 Å². The van der Waals surface area contributed by atoms with Crippen molar-refractivity contribution in [2.75, 3.05) is 24.1 Å². The Morgan fingerprint density at radius 1 is 1.13 bits per heavy atom. The Kier molecular flexibility index (Phi) is 6.29. The quantitative estimate of drug-likeness (QED) is 0.584. The van der Waals surface area contributed by atoms with Gasteiger partial charge in [-0.2, -0.15) is 0 Å². The molecule has 0 atom stereocenters. The lowest BCUT2D eigenvalue weighted by molar-refractivity contribution is 0.0739.